The van der Waals surface area contributed by atoms with Crippen LogP contribution in [0.1, 0.15) is 10.6 Å². The van der Waals surface area contributed by atoms with E-state index >= 15 is 0 Å². The first-order valence-corrected chi connectivity index (χ1v) is 6.81. The van der Waals surface area contributed by atoms with Crippen molar-refractivity contribution in [1.29, 1.82) is 0 Å². The topological polar surface area (TPSA) is 59.4 Å². The number of aliphatic carboxylic acids is 1. The number of hydrogen-bond acceptors (Lipinski definition) is 4. The number of carboxylic acids is 1. The normalized spacial score (nSPS) is 12.1. The first-order chi connectivity index (χ1) is 9.20. The SMILES string of the molecule is COc1ccccc1CC(Cc1nccs1)C(=O)O. The van der Waals surface area contributed by atoms with Gasteiger partial charge in [0.25, 0.3) is 0 Å². The fourth-order valence-corrected chi connectivity index (χ4v) is 2.65. The fourth-order valence-electron chi connectivity index (χ4n) is 1.95. The van der Waals surface area contributed by atoms with E-state index in [0.717, 1.165) is 16.3 Å². The molecule has 1 N–H and O–H groups in total. The first-order valence-electron chi connectivity index (χ1n) is 5.93. The maximum Gasteiger partial charge on any atom is 0.307 e. The Morgan fingerprint density at radius 2 is 2.21 bits per heavy atom. The lowest BCUT2D eigenvalue weighted by atomic mass is 9.96. The van der Waals surface area contributed by atoms with Crippen molar-refractivity contribution >= 4 is 17.3 Å². The number of nitrogens with zero attached hydrogens (tertiary/aromatic N) is 1. The van der Waals surface area contributed by atoms with Crippen LogP contribution in [0, 0.1) is 5.92 Å². The van der Waals surface area contributed by atoms with Crippen molar-refractivity contribution in [3.05, 3.63) is 46.4 Å². The van der Waals surface area contributed by atoms with Crippen molar-refractivity contribution in [2.75, 3.05) is 7.11 Å². The van der Waals surface area contributed by atoms with E-state index in [2.05, 4.69) is 4.98 Å². The van der Waals surface area contributed by atoms with Crippen molar-refractivity contribution < 1.29 is 14.6 Å². The minimum absolute atomic E-state index is 0.443. The van der Waals surface area contributed by atoms with E-state index in [0.29, 0.717) is 12.8 Å². The van der Waals surface area contributed by atoms with Crippen LogP contribution in [0.2, 0.25) is 0 Å². The highest BCUT2D eigenvalue weighted by atomic mass is 32.1. The molecular formula is C14H15NO3S. The smallest absolute Gasteiger partial charge is 0.307 e. The summed E-state index contributed by atoms with van der Waals surface area (Å²) in [6.45, 7) is 0. The number of aromatic nitrogens is 1. The van der Waals surface area contributed by atoms with Crippen molar-refractivity contribution in [3.63, 3.8) is 0 Å². The Kier molecular flexibility index (Phi) is 4.52. The van der Waals surface area contributed by atoms with Gasteiger partial charge in [0.1, 0.15) is 5.75 Å². The molecule has 2 rings (SSSR count). The quantitative estimate of drug-likeness (QED) is 0.881. The van der Waals surface area contributed by atoms with Gasteiger partial charge in [0.2, 0.25) is 0 Å². The molecule has 0 bridgehead atoms. The van der Waals surface area contributed by atoms with Crippen LogP contribution in [0.3, 0.4) is 0 Å². The molecule has 4 nitrogen and oxygen atoms in total. The van der Waals surface area contributed by atoms with Gasteiger partial charge >= 0.3 is 5.97 Å². The monoisotopic (exact) mass is 277 g/mol. The Balaban J connectivity index is 2.14. The summed E-state index contributed by atoms with van der Waals surface area (Å²) in [7, 11) is 1.59. The molecule has 2 aromatic rings. The van der Waals surface area contributed by atoms with Crippen LogP contribution in [0.15, 0.2) is 35.8 Å². The zero-order valence-corrected chi connectivity index (χ0v) is 11.4. The number of methoxy groups -OCH3 is 1. The number of carbonyl (C=O) groups is 1. The van der Waals surface area contributed by atoms with E-state index in [4.69, 9.17) is 4.74 Å². The van der Waals surface area contributed by atoms with Gasteiger partial charge in [-0.3, -0.25) is 4.79 Å². The number of carboxylic acid groups (broad SMARTS) is 1. The number of thiazole rings is 1. The summed E-state index contributed by atoms with van der Waals surface area (Å²) >= 11 is 1.48. The van der Waals surface area contributed by atoms with Gasteiger partial charge in [-0.25, -0.2) is 4.98 Å². The lowest BCUT2D eigenvalue weighted by molar-refractivity contribution is -0.141. The maximum absolute atomic E-state index is 11.4. The summed E-state index contributed by atoms with van der Waals surface area (Å²) in [5.41, 5.74) is 0.911. The Morgan fingerprint density at radius 1 is 1.42 bits per heavy atom. The van der Waals surface area contributed by atoms with E-state index < -0.39 is 11.9 Å². The van der Waals surface area contributed by atoms with Crippen LogP contribution in [-0.4, -0.2) is 23.2 Å². The summed E-state index contributed by atoms with van der Waals surface area (Å²) in [6, 6.07) is 7.51. The second-order valence-corrected chi connectivity index (χ2v) is 5.16. The van der Waals surface area contributed by atoms with Crippen molar-refractivity contribution in [1.82, 2.24) is 4.98 Å². The van der Waals surface area contributed by atoms with E-state index in [1.54, 1.807) is 13.3 Å². The average Bonchev–Trinajstić information content (AvgIpc) is 2.91. The van der Waals surface area contributed by atoms with Crippen molar-refractivity contribution in [3.8, 4) is 5.75 Å². The van der Waals surface area contributed by atoms with Crippen LogP contribution in [-0.2, 0) is 17.6 Å². The molecule has 19 heavy (non-hydrogen) atoms. The molecule has 5 heteroatoms. The highest BCUT2D eigenvalue weighted by molar-refractivity contribution is 7.09. The Bertz CT molecular complexity index is 539. The van der Waals surface area contributed by atoms with Gasteiger partial charge in [0, 0.05) is 18.0 Å². The molecule has 0 radical (unpaired) electrons. The molecular weight excluding hydrogens is 262 g/mol. The molecule has 0 amide bonds. The molecule has 0 aliphatic heterocycles. The molecule has 0 spiro atoms. The van der Waals surface area contributed by atoms with Gasteiger partial charge in [-0.1, -0.05) is 18.2 Å². The Morgan fingerprint density at radius 3 is 2.84 bits per heavy atom. The van der Waals surface area contributed by atoms with E-state index in [-0.39, 0.29) is 0 Å². The molecule has 1 atom stereocenters. The molecule has 0 aliphatic carbocycles. The molecule has 100 valence electrons. The number of rotatable bonds is 6. The predicted molar refractivity (Wildman–Crippen MR) is 73.6 cm³/mol. The summed E-state index contributed by atoms with van der Waals surface area (Å²) in [5.74, 6) is -0.559. The maximum atomic E-state index is 11.4. The van der Waals surface area contributed by atoms with Gasteiger partial charge in [-0.15, -0.1) is 11.3 Å². The van der Waals surface area contributed by atoms with Gasteiger partial charge in [0.15, 0.2) is 0 Å². The molecule has 1 heterocycles. The third-order valence-corrected chi connectivity index (χ3v) is 3.71. The van der Waals surface area contributed by atoms with Gasteiger partial charge < -0.3 is 9.84 Å². The van der Waals surface area contributed by atoms with Crippen LogP contribution in [0.25, 0.3) is 0 Å². The summed E-state index contributed by atoms with van der Waals surface area (Å²) < 4.78 is 5.26. The van der Waals surface area contributed by atoms with Crippen LogP contribution in [0.5, 0.6) is 5.75 Å². The minimum atomic E-state index is -0.805. The number of para-hydroxylation sites is 1. The highest BCUT2D eigenvalue weighted by Crippen LogP contribution is 2.23. The molecule has 0 fully saturated rings. The predicted octanol–water partition coefficient (Wildman–Crippen LogP) is 2.64. The summed E-state index contributed by atoms with van der Waals surface area (Å²) in [5, 5.41) is 12.0. The molecule has 0 saturated heterocycles. The van der Waals surface area contributed by atoms with Crippen LogP contribution in [0.4, 0.5) is 0 Å². The second kappa shape index (κ2) is 6.33. The van der Waals surface area contributed by atoms with E-state index in [1.165, 1.54) is 11.3 Å². The summed E-state index contributed by atoms with van der Waals surface area (Å²) in [4.78, 5) is 15.5. The Labute approximate surface area is 115 Å². The number of ether oxygens (including phenoxy) is 1. The van der Waals surface area contributed by atoms with Crippen molar-refractivity contribution in [2.45, 2.75) is 12.8 Å². The van der Waals surface area contributed by atoms with Gasteiger partial charge in [-0.05, 0) is 18.1 Å². The number of benzene rings is 1. The lowest BCUT2D eigenvalue weighted by Gasteiger charge is -2.13. The van der Waals surface area contributed by atoms with Gasteiger partial charge in [-0.2, -0.15) is 0 Å². The van der Waals surface area contributed by atoms with E-state index in [1.807, 2.05) is 29.6 Å². The fraction of sp³-hybridized carbons (Fsp3) is 0.286. The van der Waals surface area contributed by atoms with Crippen LogP contribution >= 0.6 is 11.3 Å². The standard InChI is InChI=1S/C14H15NO3S/c1-18-12-5-3-2-4-10(12)8-11(14(16)17)9-13-15-6-7-19-13/h2-7,11H,8-9H2,1H3,(H,16,17). The lowest BCUT2D eigenvalue weighted by Crippen LogP contribution is -2.19. The molecule has 1 aromatic carbocycles. The highest BCUT2D eigenvalue weighted by Gasteiger charge is 2.21. The molecule has 0 aliphatic rings. The first kappa shape index (κ1) is 13.5. The zero-order valence-electron chi connectivity index (χ0n) is 10.6. The Hall–Kier alpha value is -1.88. The van der Waals surface area contributed by atoms with Crippen LogP contribution < -0.4 is 4.74 Å². The molecule has 1 aromatic heterocycles. The summed E-state index contributed by atoms with van der Waals surface area (Å²) in [6.07, 6.45) is 2.59. The van der Waals surface area contributed by atoms with E-state index in [9.17, 15) is 9.90 Å². The molecule has 1 unspecified atom stereocenters. The largest absolute Gasteiger partial charge is 0.496 e. The number of hydrogen-bond donors (Lipinski definition) is 1. The minimum Gasteiger partial charge on any atom is -0.496 e. The third kappa shape index (κ3) is 3.54. The van der Waals surface area contributed by atoms with Gasteiger partial charge in [0.05, 0.1) is 18.0 Å². The average molecular weight is 277 g/mol. The zero-order chi connectivity index (χ0) is 13.7. The third-order valence-electron chi connectivity index (χ3n) is 2.91. The van der Waals surface area contributed by atoms with Crippen molar-refractivity contribution in [2.24, 2.45) is 5.92 Å². The second-order valence-electron chi connectivity index (χ2n) is 4.18. The molecule has 0 saturated carbocycles.